The van der Waals surface area contributed by atoms with Crippen LogP contribution in [0.4, 0.5) is 11.4 Å². The van der Waals surface area contributed by atoms with Crippen molar-refractivity contribution in [2.24, 2.45) is 0 Å². The van der Waals surface area contributed by atoms with Gasteiger partial charge in [0, 0.05) is 16.1 Å². The van der Waals surface area contributed by atoms with Gasteiger partial charge in [0.05, 0.1) is 16.3 Å². The highest BCUT2D eigenvalue weighted by atomic mass is 35.5. The van der Waals surface area contributed by atoms with Gasteiger partial charge < -0.3 is 5.32 Å². The summed E-state index contributed by atoms with van der Waals surface area (Å²) in [5.74, 6) is -0.932. The second kappa shape index (κ2) is 10.5. The minimum absolute atomic E-state index is 0.0584. The van der Waals surface area contributed by atoms with Gasteiger partial charge in [-0.15, -0.1) is 0 Å². The number of amides is 1. The van der Waals surface area contributed by atoms with Crippen LogP contribution >= 0.6 is 11.6 Å². The van der Waals surface area contributed by atoms with Gasteiger partial charge in [0.15, 0.2) is 5.78 Å². The van der Waals surface area contributed by atoms with Crippen LogP contribution < -0.4 is 9.62 Å². The first-order chi connectivity index (χ1) is 16.9. The molecule has 4 rings (SSSR count). The Morgan fingerprint density at radius 3 is 1.97 bits per heavy atom. The fourth-order valence-electron chi connectivity index (χ4n) is 3.51. The summed E-state index contributed by atoms with van der Waals surface area (Å²) in [6, 6.07) is 29.4. The number of hydrogen-bond acceptors (Lipinski definition) is 4. The van der Waals surface area contributed by atoms with Crippen LogP contribution in [0.15, 0.2) is 114 Å². The summed E-state index contributed by atoms with van der Waals surface area (Å²) in [7, 11) is -4.03. The Morgan fingerprint density at radius 2 is 1.34 bits per heavy atom. The number of sulfonamides is 1. The number of ketones is 1. The van der Waals surface area contributed by atoms with Gasteiger partial charge in [-0.05, 0) is 42.5 Å². The summed E-state index contributed by atoms with van der Waals surface area (Å²) in [5.41, 5.74) is 1.21. The molecule has 35 heavy (non-hydrogen) atoms. The van der Waals surface area contributed by atoms with Crippen molar-refractivity contribution in [1.29, 1.82) is 0 Å². The van der Waals surface area contributed by atoms with Gasteiger partial charge in [0.1, 0.15) is 6.54 Å². The molecule has 8 heteroatoms. The highest BCUT2D eigenvalue weighted by molar-refractivity contribution is 7.92. The molecule has 4 aromatic carbocycles. The molecule has 1 N–H and O–H groups in total. The largest absolute Gasteiger partial charge is 0.324 e. The van der Waals surface area contributed by atoms with Crippen molar-refractivity contribution in [2.75, 3.05) is 16.2 Å². The maximum Gasteiger partial charge on any atom is 0.264 e. The molecule has 0 saturated heterocycles. The Morgan fingerprint density at radius 1 is 0.771 bits per heavy atom. The van der Waals surface area contributed by atoms with Crippen molar-refractivity contribution in [1.82, 2.24) is 0 Å². The molecule has 1 amide bonds. The first-order valence-corrected chi connectivity index (χ1v) is 12.5. The number of anilines is 2. The molecule has 0 heterocycles. The van der Waals surface area contributed by atoms with Crippen LogP contribution in [0.1, 0.15) is 15.9 Å². The number of carbonyl (C=O) groups is 2. The van der Waals surface area contributed by atoms with Crippen molar-refractivity contribution in [3.63, 3.8) is 0 Å². The predicted molar refractivity (Wildman–Crippen MR) is 137 cm³/mol. The minimum atomic E-state index is -4.03. The molecular weight excluding hydrogens is 484 g/mol. The van der Waals surface area contributed by atoms with E-state index in [4.69, 9.17) is 11.6 Å². The molecule has 0 atom stereocenters. The van der Waals surface area contributed by atoms with Crippen molar-refractivity contribution < 1.29 is 18.0 Å². The molecule has 0 unspecified atom stereocenters. The zero-order chi connectivity index (χ0) is 24.8. The maximum absolute atomic E-state index is 13.4. The normalized spacial score (nSPS) is 11.0. The third kappa shape index (κ3) is 5.59. The van der Waals surface area contributed by atoms with E-state index >= 15 is 0 Å². The zero-order valence-corrected chi connectivity index (χ0v) is 20.0. The highest BCUT2D eigenvalue weighted by Crippen LogP contribution is 2.26. The predicted octanol–water partition coefficient (Wildman–Crippen LogP) is 5.41. The van der Waals surface area contributed by atoms with E-state index < -0.39 is 22.5 Å². The van der Waals surface area contributed by atoms with Gasteiger partial charge in [0.2, 0.25) is 5.91 Å². The molecule has 6 nitrogen and oxygen atoms in total. The first kappa shape index (κ1) is 24.2. The Balaban J connectivity index is 1.65. The fraction of sp³-hybridized carbons (Fsp3) is 0.0370. The van der Waals surface area contributed by atoms with Gasteiger partial charge in [-0.25, -0.2) is 8.42 Å². The smallest absolute Gasteiger partial charge is 0.264 e. The second-order valence-corrected chi connectivity index (χ2v) is 9.89. The van der Waals surface area contributed by atoms with Crippen LogP contribution in [0.5, 0.6) is 0 Å². The molecule has 0 aliphatic carbocycles. The van der Waals surface area contributed by atoms with Crippen LogP contribution in [0.2, 0.25) is 5.02 Å². The van der Waals surface area contributed by atoms with Crippen molar-refractivity contribution in [3.8, 4) is 0 Å². The highest BCUT2D eigenvalue weighted by Gasteiger charge is 2.27. The Labute approximate surface area is 208 Å². The number of carbonyl (C=O) groups excluding carboxylic acids is 2. The van der Waals surface area contributed by atoms with E-state index in [0.29, 0.717) is 16.3 Å². The van der Waals surface area contributed by atoms with E-state index in [0.717, 1.165) is 4.31 Å². The quantitative estimate of drug-likeness (QED) is 0.325. The number of rotatable bonds is 8. The topological polar surface area (TPSA) is 83.6 Å². The van der Waals surface area contributed by atoms with Crippen LogP contribution in [-0.2, 0) is 14.8 Å². The summed E-state index contributed by atoms with van der Waals surface area (Å²) in [6.07, 6.45) is 0. The number of nitrogens with one attached hydrogen (secondary N) is 1. The third-order valence-electron chi connectivity index (χ3n) is 5.20. The number of para-hydroxylation sites is 1. The number of nitrogens with zero attached hydrogens (tertiary/aromatic N) is 1. The molecule has 4 aromatic rings. The van der Waals surface area contributed by atoms with E-state index in [2.05, 4.69) is 5.32 Å². The molecule has 0 bridgehead atoms. The lowest BCUT2D eigenvalue weighted by molar-refractivity contribution is -0.114. The summed E-state index contributed by atoms with van der Waals surface area (Å²) in [5, 5.41) is 3.02. The first-order valence-electron chi connectivity index (χ1n) is 10.7. The van der Waals surface area contributed by atoms with E-state index in [1.807, 2.05) is 0 Å². The van der Waals surface area contributed by atoms with Crippen molar-refractivity contribution >= 4 is 44.7 Å². The molecule has 0 saturated carbocycles. The van der Waals surface area contributed by atoms with Crippen molar-refractivity contribution in [3.05, 3.63) is 125 Å². The third-order valence-corrected chi connectivity index (χ3v) is 7.22. The maximum atomic E-state index is 13.4. The fourth-order valence-corrected chi connectivity index (χ4v) is 5.12. The molecule has 0 aliphatic rings. The number of halogens is 1. The average Bonchev–Trinajstić information content (AvgIpc) is 2.89. The molecule has 176 valence electrons. The summed E-state index contributed by atoms with van der Waals surface area (Å²) in [6.45, 7) is -0.497. The van der Waals surface area contributed by atoms with Gasteiger partial charge in [-0.2, -0.15) is 0 Å². The van der Waals surface area contributed by atoms with E-state index in [1.54, 1.807) is 84.9 Å². The Kier molecular flexibility index (Phi) is 7.29. The Hall–Kier alpha value is -3.94. The molecule has 0 aromatic heterocycles. The molecule has 0 fully saturated rings. The summed E-state index contributed by atoms with van der Waals surface area (Å²) >= 11 is 6.12. The molecular formula is C27H21ClN2O4S. The summed E-state index contributed by atoms with van der Waals surface area (Å²) in [4.78, 5) is 26.2. The molecule has 0 aliphatic heterocycles. The van der Waals surface area contributed by atoms with Crippen LogP contribution in [0.3, 0.4) is 0 Å². The monoisotopic (exact) mass is 504 g/mol. The average molecular weight is 505 g/mol. The van der Waals surface area contributed by atoms with Gasteiger partial charge in [0.25, 0.3) is 10.0 Å². The number of hydrogen-bond donors (Lipinski definition) is 1. The lowest BCUT2D eigenvalue weighted by Gasteiger charge is -2.24. The Bertz CT molecular complexity index is 1440. The zero-order valence-electron chi connectivity index (χ0n) is 18.5. The standard InChI is InChI=1S/C27H21ClN2O4S/c28-21-16-17-25(24(18-21)27(32)20-10-4-1-5-11-20)29-26(31)19-30(22-12-6-2-7-13-22)35(33,34)23-14-8-3-9-15-23/h1-18H,19H2,(H,29,31). The number of benzene rings is 4. The van der Waals surface area contributed by atoms with Crippen LogP contribution in [0, 0.1) is 0 Å². The molecule has 0 radical (unpaired) electrons. The van der Waals surface area contributed by atoms with E-state index in [-0.39, 0.29) is 21.9 Å². The van der Waals surface area contributed by atoms with Gasteiger partial charge >= 0.3 is 0 Å². The summed E-state index contributed by atoms with van der Waals surface area (Å²) < 4.78 is 27.8. The SMILES string of the molecule is O=C(CN(c1ccccc1)S(=O)(=O)c1ccccc1)Nc1ccc(Cl)cc1C(=O)c1ccccc1. The lowest BCUT2D eigenvalue weighted by atomic mass is 10.0. The lowest BCUT2D eigenvalue weighted by Crippen LogP contribution is -2.38. The molecule has 0 spiro atoms. The second-order valence-electron chi connectivity index (χ2n) is 7.59. The van der Waals surface area contributed by atoms with E-state index in [9.17, 15) is 18.0 Å². The van der Waals surface area contributed by atoms with Gasteiger partial charge in [-0.3, -0.25) is 13.9 Å². The van der Waals surface area contributed by atoms with Gasteiger partial charge in [-0.1, -0.05) is 78.3 Å². The van der Waals surface area contributed by atoms with Crippen molar-refractivity contribution in [2.45, 2.75) is 4.90 Å². The van der Waals surface area contributed by atoms with Crippen LogP contribution in [0.25, 0.3) is 0 Å². The minimum Gasteiger partial charge on any atom is -0.324 e. The van der Waals surface area contributed by atoms with E-state index in [1.165, 1.54) is 24.3 Å². The van der Waals surface area contributed by atoms with Crippen LogP contribution in [-0.4, -0.2) is 26.7 Å².